The Balaban J connectivity index is 1.03. The summed E-state index contributed by atoms with van der Waals surface area (Å²) in [5.41, 5.74) is 10.8. The van der Waals surface area contributed by atoms with Gasteiger partial charge >= 0.3 is 0 Å². The highest BCUT2D eigenvalue weighted by atomic mass is 16.5. The van der Waals surface area contributed by atoms with Crippen LogP contribution in [0.15, 0.2) is 195 Å². The quantitative estimate of drug-likeness (QED) is 0.162. The highest BCUT2D eigenvalue weighted by Gasteiger charge is 2.33. The molecule has 1 aliphatic heterocycles. The summed E-state index contributed by atoms with van der Waals surface area (Å²) in [5.74, 6) is 2.37. The number of hydrogen-bond acceptors (Lipinski definition) is 6. The van der Waals surface area contributed by atoms with E-state index in [4.69, 9.17) is 9.72 Å². The van der Waals surface area contributed by atoms with E-state index >= 15 is 0 Å². The molecule has 0 atom stereocenters. The number of anilines is 4. The zero-order valence-corrected chi connectivity index (χ0v) is 30.8. The maximum absolute atomic E-state index is 6.71. The smallest absolute Gasteiger partial charge is 0.137 e. The number of para-hydroxylation sites is 2. The van der Waals surface area contributed by atoms with Gasteiger partial charge in [-0.05, 0) is 66.0 Å². The fourth-order valence-electron chi connectivity index (χ4n) is 8.38. The van der Waals surface area contributed by atoms with Crippen molar-refractivity contribution in [2.45, 2.75) is 0 Å². The number of pyridine rings is 3. The Kier molecular flexibility index (Phi) is 7.74. The van der Waals surface area contributed by atoms with Gasteiger partial charge in [-0.2, -0.15) is 0 Å². The summed E-state index contributed by atoms with van der Waals surface area (Å²) in [6.45, 7) is 0.577. The molecule has 0 unspecified atom stereocenters. The average Bonchev–Trinajstić information content (AvgIpc) is 3.83. The third-order valence-electron chi connectivity index (χ3n) is 10.9. The molecule has 0 radical (unpaired) electrons. The van der Waals surface area contributed by atoms with Crippen molar-refractivity contribution >= 4 is 55.3 Å². The van der Waals surface area contributed by atoms with E-state index in [9.17, 15) is 0 Å². The summed E-state index contributed by atoms with van der Waals surface area (Å²) in [4.78, 5) is 18.6. The number of ether oxygens (including phenoxy) is 1. The Labute approximate surface area is 329 Å². The molecule has 0 saturated carbocycles. The van der Waals surface area contributed by atoms with Crippen molar-refractivity contribution in [1.82, 2.24) is 19.5 Å². The lowest BCUT2D eigenvalue weighted by Gasteiger charge is -2.27. The Morgan fingerprint density at radius 2 is 1.19 bits per heavy atom. The molecule has 0 amide bonds. The minimum absolute atomic E-state index is 0.577. The standard InChI is InChI=1S/C50H34N6O/c1-2-16-40-34(11-1)22-25-46-50(40)55(49-41(35-12-9-26-51-31-35)18-8-19-42(49)36-13-10-27-52-32-36)33-54(46)37-14-7-15-38(29-37)57-39-23-24-44-43-17-3-4-20-45(43)56(47(44)30-39)48-21-5-6-28-53-48/h1-32H,33H2. The van der Waals surface area contributed by atoms with Gasteiger partial charge in [-0.1, -0.05) is 91.0 Å². The minimum atomic E-state index is 0.577. The fraction of sp³-hybridized carbons (Fsp3) is 0.0200. The van der Waals surface area contributed by atoms with Gasteiger partial charge in [0.25, 0.3) is 0 Å². The Morgan fingerprint density at radius 3 is 1.96 bits per heavy atom. The van der Waals surface area contributed by atoms with Crippen LogP contribution in [-0.4, -0.2) is 26.2 Å². The Morgan fingerprint density at radius 1 is 0.474 bits per heavy atom. The topological polar surface area (TPSA) is 59.3 Å². The van der Waals surface area contributed by atoms with Gasteiger partial charge in [0.15, 0.2) is 0 Å². The Hall–Kier alpha value is -7.77. The van der Waals surface area contributed by atoms with Crippen molar-refractivity contribution in [3.63, 3.8) is 0 Å². The van der Waals surface area contributed by atoms with Gasteiger partial charge in [0.1, 0.15) is 24.0 Å². The van der Waals surface area contributed by atoms with Gasteiger partial charge in [0.2, 0.25) is 0 Å². The first-order valence-corrected chi connectivity index (χ1v) is 19.0. The van der Waals surface area contributed by atoms with Crippen LogP contribution in [0.2, 0.25) is 0 Å². The monoisotopic (exact) mass is 734 g/mol. The van der Waals surface area contributed by atoms with E-state index in [1.165, 1.54) is 16.2 Å². The first-order chi connectivity index (χ1) is 28.3. The van der Waals surface area contributed by atoms with Crippen LogP contribution in [0, 0.1) is 0 Å². The number of nitrogens with zero attached hydrogens (tertiary/aromatic N) is 6. The minimum Gasteiger partial charge on any atom is -0.457 e. The molecule has 0 fully saturated rings. The molecular weight excluding hydrogens is 701 g/mol. The molecule has 5 heterocycles. The van der Waals surface area contributed by atoms with Crippen LogP contribution in [0.25, 0.3) is 60.6 Å². The molecule has 7 nitrogen and oxygen atoms in total. The van der Waals surface area contributed by atoms with Crippen LogP contribution in [-0.2, 0) is 0 Å². The molecule has 0 bridgehead atoms. The predicted molar refractivity (Wildman–Crippen MR) is 231 cm³/mol. The second-order valence-corrected chi connectivity index (χ2v) is 14.2. The second kappa shape index (κ2) is 13.5. The molecule has 0 aliphatic carbocycles. The molecule has 4 aromatic heterocycles. The van der Waals surface area contributed by atoms with Crippen molar-refractivity contribution in [2.24, 2.45) is 0 Å². The zero-order valence-electron chi connectivity index (χ0n) is 30.8. The maximum Gasteiger partial charge on any atom is 0.137 e. The molecule has 0 N–H and O–H groups in total. The van der Waals surface area contributed by atoms with Gasteiger partial charge in [0.05, 0.1) is 28.1 Å². The molecule has 0 saturated heterocycles. The van der Waals surface area contributed by atoms with E-state index in [0.29, 0.717) is 6.67 Å². The van der Waals surface area contributed by atoms with E-state index in [1.807, 2.05) is 67.4 Å². The summed E-state index contributed by atoms with van der Waals surface area (Å²) in [6.07, 6.45) is 9.36. The van der Waals surface area contributed by atoms with Crippen LogP contribution in [0.4, 0.5) is 22.7 Å². The lowest BCUT2D eigenvalue weighted by Crippen LogP contribution is -2.25. The number of hydrogen-bond donors (Lipinski definition) is 0. The first kappa shape index (κ1) is 32.6. The van der Waals surface area contributed by atoms with Gasteiger partial charge in [-0.25, -0.2) is 4.98 Å². The summed E-state index contributed by atoms with van der Waals surface area (Å²) in [5, 5.41) is 4.68. The van der Waals surface area contributed by atoms with E-state index < -0.39 is 0 Å². The normalized spacial score (nSPS) is 12.4. The van der Waals surface area contributed by atoms with Crippen molar-refractivity contribution in [1.29, 1.82) is 0 Å². The number of fused-ring (bicyclic) bond motifs is 6. The molecule has 11 rings (SSSR count). The molecule has 1 aliphatic rings. The van der Waals surface area contributed by atoms with Crippen LogP contribution < -0.4 is 14.5 Å². The Bertz CT molecular complexity index is 3030. The number of rotatable bonds is 7. The molecule has 7 heteroatoms. The largest absolute Gasteiger partial charge is 0.457 e. The van der Waals surface area contributed by atoms with E-state index in [-0.39, 0.29) is 0 Å². The average molecular weight is 735 g/mol. The highest BCUT2D eigenvalue weighted by Crippen LogP contribution is 2.52. The van der Waals surface area contributed by atoms with Crippen molar-refractivity contribution < 1.29 is 4.74 Å². The SMILES string of the molecule is c1ccc(-n2c3ccccc3c3ccc(Oc4cccc(N5CN(c6c(-c7cccnc7)cccc6-c6cccnc6)c6c5ccc5ccccc65)c4)cc32)nc1. The molecule has 10 aromatic rings. The van der Waals surface area contributed by atoms with Gasteiger partial charge in [0, 0.05) is 87.2 Å². The molecular formula is C50H34N6O. The third-order valence-corrected chi connectivity index (χ3v) is 10.9. The first-order valence-electron chi connectivity index (χ1n) is 19.0. The molecule has 0 spiro atoms. The van der Waals surface area contributed by atoms with Crippen molar-refractivity contribution in [3.8, 4) is 39.6 Å². The lowest BCUT2D eigenvalue weighted by molar-refractivity contribution is 0.483. The summed E-state index contributed by atoms with van der Waals surface area (Å²) in [7, 11) is 0. The second-order valence-electron chi connectivity index (χ2n) is 14.2. The summed E-state index contributed by atoms with van der Waals surface area (Å²) in [6, 6.07) is 57.0. The highest BCUT2D eigenvalue weighted by molar-refractivity contribution is 6.10. The number of benzene rings is 6. The fourth-order valence-corrected chi connectivity index (χ4v) is 8.38. The number of aromatic nitrogens is 4. The van der Waals surface area contributed by atoms with E-state index in [0.717, 1.165) is 78.7 Å². The van der Waals surface area contributed by atoms with Crippen LogP contribution in [0.1, 0.15) is 0 Å². The molecule has 57 heavy (non-hydrogen) atoms. The molecule has 270 valence electrons. The summed E-state index contributed by atoms with van der Waals surface area (Å²) >= 11 is 0. The van der Waals surface area contributed by atoms with Gasteiger partial charge < -0.3 is 14.5 Å². The van der Waals surface area contributed by atoms with Crippen LogP contribution in [0.3, 0.4) is 0 Å². The van der Waals surface area contributed by atoms with E-state index in [1.54, 1.807) is 0 Å². The third kappa shape index (κ3) is 5.55. The lowest BCUT2D eigenvalue weighted by atomic mass is 9.96. The van der Waals surface area contributed by atoms with Crippen molar-refractivity contribution in [2.75, 3.05) is 16.5 Å². The van der Waals surface area contributed by atoms with Gasteiger partial charge in [-0.15, -0.1) is 0 Å². The maximum atomic E-state index is 6.71. The zero-order chi connectivity index (χ0) is 37.7. The van der Waals surface area contributed by atoms with Crippen LogP contribution >= 0.6 is 0 Å². The van der Waals surface area contributed by atoms with E-state index in [2.05, 4.69) is 152 Å². The predicted octanol–water partition coefficient (Wildman–Crippen LogP) is 12.5. The van der Waals surface area contributed by atoms with Gasteiger partial charge in [-0.3, -0.25) is 14.5 Å². The molecule has 6 aromatic carbocycles. The van der Waals surface area contributed by atoms with Crippen LogP contribution in [0.5, 0.6) is 11.5 Å². The summed E-state index contributed by atoms with van der Waals surface area (Å²) < 4.78 is 8.91. The van der Waals surface area contributed by atoms with Crippen molar-refractivity contribution in [3.05, 3.63) is 195 Å².